The molecule has 230 valence electrons. The third kappa shape index (κ3) is 7.14. The molecule has 2 aliphatic heterocycles. The van der Waals surface area contributed by atoms with Crippen molar-refractivity contribution in [3.05, 3.63) is 70.7 Å². The van der Waals surface area contributed by atoms with Gasteiger partial charge in [0.2, 0.25) is 17.5 Å². The Balaban J connectivity index is 1.22. The van der Waals surface area contributed by atoms with Crippen LogP contribution in [0.15, 0.2) is 40.9 Å². The van der Waals surface area contributed by atoms with Crippen LogP contribution in [0.1, 0.15) is 53.6 Å². The monoisotopic (exact) mass is 605 g/mol. The molecule has 2 aromatic heterocycles. The molecule has 8 nitrogen and oxygen atoms in total. The predicted molar refractivity (Wildman–Crippen MR) is 148 cm³/mol. The largest absolute Gasteiger partial charge is 0.437 e. The number of benzene rings is 1. The summed E-state index contributed by atoms with van der Waals surface area (Å²) in [6, 6.07) is 6.58. The summed E-state index contributed by atoms with van der Waals surface area (Å²) in [7, 11) is 0. The number of hydrogen-bond acceptors (Lipinski definition) is 7. The zero-order valence-electron chi connectivity index (χ0n) is 23.7. The Morgan fingerprint density at radius 1 is 0.953 bits per heavy atom. The summed E-state index contributed by atoms with van der Waals surface area (Å²) in [5.41, 5.74) is -1.17. The second kappa shape index (κ2) is 12.7. The molecule has 43 heavy (non-hydrogen) atoms. The minimum absolute atomic E-state index is 0.191. The van der Waals surface area contributed by atoms with E-state index in [1.165, 1.54) is 12.3 Å². The summed E-state index contributed by atoms with van der Waals surface area (Å²) in [4.78, 5) is 38.9. The normalized spacial score (nSPS) is 18.1. The first-order valence-corrected chi connectivity index (χ1v) is 14.3. The number of alkyl halides is 3. The number of nitrogens with zero attached hydrogens (tertiary/aromatic N) is 5. The molecule has 0 radical (unpaired) electrons. The van der Waals surface area contributed by atoms with Gasteiger partial charge >= 0.3 is 6.18 Å². The first-order chi connectivity index (χ1) is 20.5. The molecule has 0 spiro atoms. The third-order valence-corrected chi connectivity index (χ3v) is 7.80. The van der Waals surface area contributed by atoms with E-state index in [2.05, 4.69) is 9.97 Å². The van der Waals surface area contributed by atoms with E-state index in [-0.39, 0.29) is 36.2 Å². The quantitative estimate of drug-likeness (QED) is 0.267. The van der Waals surface area contributed by atoms with Crippen molar-refractivity contribution in [1.29, 1.82) is 0 Å². The van der Waals surface area contributed by atoms with Gasteiger partial charge < -0.3 is 19.1 Å². The van der Waals surface area contributed by atoms with E-state index >= 15 is 0 Å². The molecule has 1 aromatic carbocycles. The number of pyridine rings is 1. The molecule has 1 amide bonds. The van der Waals surface area contributed by atoms with Gasteiger partial charge in [-0.05, 0) is 48.9 Å². The number of halogens is 5. The van der Waals surface area contributed by atoms with Gasteiger partial charge in [-0.25, -0.2) is 13.8 Å². The van der Waals surface area contributed by atoms with E-state index in [0.29, 0.717) is 57.1 Å². The van der Waals surface area contributed by atoms with Gasteiger partial charge in [0.05, 0.1) is 6.42 Å². The predicted octanol–water partition coefficient (Wildman–Crippen LogP) is 5.31. The van der Waals surface area contributed by atoms with E-state index < -0.39 is 35.0 Å². The van der Waals surface area contributed by atoms with Crippen LogP contribution in [-0.4, -0.2) is 65.8 Å². The smallest absolute Gasteiger partial charge is 0.420 e. The number of ketones is 1. The standard InChI is InChI=1S/C30H32F5N5O3/c1-19-5-3-10-40(18-19)29-37-28(30(33,34)35)27(43-29)24(41)15-20-8-9-25(36-17-20)38-11-4-12-39(14-13-38)26(42)16-21-22(31)6-2-7-23(21)32/h2,6-9,17,19H,3-5,10-16,18H2,1H3. The van der Waals surface area contributed by atoms with Crippen molar-refractivity contribution < 1.29 is 36.0 Å². The fourth-order valence-corrected chi connectivity index (χ4v) is 5.52. The first kappa shape index (κ1) is 30.4. The number of anilines is 2. The van der Waals surface area contributed by atoms with Crippen molar-refractivity contribution in [3.8, 4) is 0 Å². The molecule has 2 aliphatic rings. The molecular weight excluding hydrogens is 573 g/mol. The maximum absolute atomic E-state index is 14.0. The van der Waals surface area contributed by atoms with Crippen LogP contribution in [0, 0.1) is 17.6 Å². The van der Waals surface area contributed by atoms with Crippen molar-refractivity contribution in [1.82, 2.24) is 14.9 Å². The minimum atomic E-state index is -4.85. The van der Waals surface area contributed by atoms with Crippen LogP contribution in [0.5, 0.6) is 0 Å². The Morgan fingerprint density at radius 2 is 1.70 bits per heavy atom. The molecular formula is C30H32F5N5O3. The number of carbonyl (C=O) groups excluding carboxylic acids is 2. The molecule has 4 heterocycles. The summed E-state index contributed by atoms with van der Waals surface area (Å²) < 4.78 is 74.7. The van der Waals surface area contributed by atoms with E-state index in [1.807, 2.05) is 11.8 Å². The zero-order valence-corrected chi connectivity index (χ0v) is 23.7. The second-order valence-electron chi connectivity index (χ2n) is 11.1. The average Bonchev–Trinajstić information content (AvgIpc) is 3.29. The van der Waals surface area contributed by atoms with Crippen molar-refractivity contribution in [3.63, 3.8) is 0 Å². The van der Waals surface area contributed by atoms with Gasteiger partial charge in [-0.3, -0.25) is 9.59 Å². The minimum Gasteiger partial charge on any atom is -0.420 e. The van der Waals surface area contributed by atoms with E-state index in [1.54, 1.807) is 21.9 Å². The molecule has 5 rings (SSSR count). The maximum atomic E-state index is 14.0. The first-order valence-electron chi connectivity index (χ1n) is 14.3. The van der Waals surface area contributed by atoms with Crippen LogP contribution in [0.4, 0.5) is 33.8 Å². The van der Waals surface area contributed by atoms with Gasteiger partial charge in [0.1, 0.15) is 17.5 Å². The second-order valence-corrected chi connectivity index (χ2v) is 11.1. The molecule has 2 fully saturated rings. The van der Waals surface area contributed by atoms with Crippen LogP contribution in [0.25, 0.3) is 0 Å². The van der Waals surface area contributed by atoms with Gasteiger partial charge in [0, 0.05) is 57.4 Å². The Bertz CT molecular complexity index is 1440. The lowest BCUT2D eigenvalue weighted by Gasteiger charge is -2.29. The Hall–Kier alpha value is -4.03. The van der Waals surface area contributed by atoms with Crippen LogP contribution in [-0.2, 0) is 23.8 Å². The van der Waals surface area contributed by atoms with E-state index in [0.717, 1.165) is 25.0 Å². The van der Waals surface area contributed by atoms with Crippen molar-refractivity contribution in [2.45, 2.75) is 45.2 Å². The molecule has 1 atom stereocenters. The van der Waals surface area contributed by atoms with Gasteiger partial charge in [0.15, 0.2) is 5.69 Å². The van der Waals surface area contributed by atoms with Crippen LogP contribution in [0.3, 0.4) is 0 Å². The molecule has 0 saturated carbocycles. The number of oxazole rings is 1. The van der Waals surface area contributed by atoms with Crippen molar-refractivity contribution >= 4 is 23.5 Å². The van der Waals surface area contributed by atoms with Crippen LogP contribution >= 0.6 is 0 Å². The molecule has 0 aliphatic carbocycles. The number of Topliss-reactive ketones (excluding diaryl/α,β-unsaturated/α-hetero) is 1. The topological polar surface area (TPSA) is 82.8 Å². The number of rotatable bonds is 7. The van der Waals surface area contributed by atoms with Gasteiger partial charge in [-0.2, -0.15) is 18.2 Å². The maximum Gasteiger partial charge on any atom is 0.437 e. The van der Waals surface area contributed by atoms with Crippen molar-refractivity contribution in [2.75, 3.05) is 49.1 Å². The molecule has 2 saturated heterocycles. The fourth-order valence-electron chi connectivity index (χ4n) is 5.52. The lowest BCUT2D eigenvalue weighted by Crippen LogP contribution is -2.36. The highest BCUT2D eigenvalue weighted by molar-refractivity contribution is 5.96. The Kier molecular flexibility index (Phi) is 8.97. The average molecular weight is 606 g/mol. The van der Waals surface area contributed by atoms with Crippen LogP contribution in [0.2, 0.25) is 0 Å². The SMILES string of the molecule is CC1CCCN(c2nc(C(F)(F)F)c(C(=O)Cc3ccc(N4CCCN(C(=O)Cc5c(F)cccc5F)CC4)nc3)o2)C1. The zero-order chi connectivity index (χ0) is 30.7. The summed E-state index contributed by atoms with van der Waals surface area (Å²) >= 11 is 0. The third-order valence-electron chi connectivity index (χ3n) is 7.80. The molecule has 13 heteroatoms. The fraction of sp³-hybridized carbons (Fsp3) is 0.467. The number of aromatic nitrogens is 2. The summed E-state index contributed by atoms with van der Waals surface area (Å²) in [5.74, 6) is -2.71. The Morgan fingerprint density at radius 3 is 2.37 bits per heavy atom. The highest BCUT2D eigenvalue weighted by Gasteiger charge is 2.42. The summed E-state index contributed by atoms with van der Waals surface area (Å²) in [6.07, 6.45) is -1.79. The van der Waals surface area contributed by atoms with Gasteiger partial charge in [-0.1, -0.05) is 19.1 Å². The van der Waals surface area contributed by atoms with Gasteiger partial charge in [0.25, 0.3) is 6.01 Å². The summed E-state index contributed by atoms with van der Waals surface area (Å²) in [5, 5.41) is 0. The highest BCUT2D eigenvalue weighted by Crippen LogP contribution is 2.35. The molecule has 0 bridgehead atoms. The lowest BCUT2D eigenvalue weighted by atomic mass is 10.0. The summed E-state index contributed by atoms with van der Waals surface area (Å²) in [6.45, 7) is 4.72. The molecule has 0 N–H and O–H groups in total. The molecule has 1 unspecified atom stereocenters. The molecule has 3 aromatic rings. The Labute approximate surface area is 245 Å². The van der Waals surface area contributed by atoms with E-state index in [9.17, 15) is 31.5 Å². The van der Waals surface area contributed by atoms with E-state index in [4.69, 9.17) is 4.42 Å². The number of hydrogen-bond donors (Lipinski definition) is 0. The number of piperidine rings is 1. The number of amides is 1. The van der Waals surface area contributed by atoms with Crippen LogP contribution < -0.4 is 9.80 Å². The highest BCUT2D eigenvalue weighted by atomic mass is 19.4. The lowest BCUT2D eigenvalue weighted by molar-refractivity contribution is -0.141. The van der Waals surface area contributed by atoms with Gasteiger partial charge in [-0.15, -0.1) is 0 Å². The number of carbonyl (C=O) groups is 2. The van der Waals surface area contributed by atoms with Crippen molar-refractivity contribution in [2.24, 2.45) is 5.92 Å².